The fourth-order valence-electron chi connectivity index (χ4n) is 5.40. The van der Waals surface area contributed by atoms with E-state index < -0.39 is 18.0 Å². The van der Waals surface area contributed by atoms with Crippen LogP contribution in [0.3, 0.4) is 0 Å². The molecule has 1 unspecified atom stereocenters. The third kappa shape index (κ3) is 6.17. The van der Waals surface area contributed by atoms with Gasteiger partial charge >= 0.3 is 5.97 Å². The zero-order valence-corrected chi connectivity index (χ0v) is 22.1. The number of carbonyl (C=O) groups excluding carboxylic acids is 2. The van der Waals surface area contributed by atoms with E-state index in [9.17, 15) is 24.6 Å². The molecule has 6 atom stereocenters. The van der Waals surface area contributed by atoms with E-state index in [1.54, 1.807) is 13.1 Å². The van der Waals surface area contributed by atoms with E-state index in [0.717, 1.165) is 19.3 Å². The van der Waals surface area contributed by atoms with Crippen molar-refractivity contribution in [3.05, 3.63) is 40.7 Å². The summed E-state index contributed by atoms with van der Waals surface area (Å²) in [4.78, 5) is 43.2. The van der Waals surface area contributed by atoms with Gasteiger partial charge in [0.2, 0.25) is 11.8 Å². The van der Waals surface area contributed by atoms with Gasteiger partial charge in [-0.25, -0.2) is 4.79 Å². The van der Waals surface area contributed by atoms with Crippen molar-refractivity contribution in [3.63, 3.8) is 0 Å². The van der Waals surface area contributed by atoms with E-state index in [0.29, 0.717) is 37.6 Å². The highest BCUT2D eigenvalue weighted by Gasteiger charge is 2.60. The molecule has 0 aromatic carbocycles. The van der Waals surface area contributed by atoms with Crippen molar-refractivity contribution in [2.45, 2.75) is 63.0 Å². The first kappa shape index (κ1) is 27.6. The number of hydrogen-bond acceptors (Lipinski definition) is 8. The molecule has 10 nitrogen and oxygen atoms in total. The number of fused-ring (bicyclic) bond motifs is 1. The summed E-state index contributed by atoms with van der Waals surface area (Å²) in [5, 5.41) is 25.9. The van der Waals surface area contributed by atoms with E-state index in [1.807, 2.05) is 19.2 Å². The summed E-state index contributed by atoms with van der Waals surface area (Å²) in [6.07, 6.45) is 6.32. The molecule has 2 fully saturated rings. The van der Waals surface area contributed by atoms with Gasteiger partial charge in [-0.15, -0.1) is 11.8 Å². The molecule has 1 aromatic rings. The van der Waals surface area contributed by atoms with Crippen molar-refractivity contribution in [2.24, 2.45) is 11.8 Å². The van der Waals surface area contributed by atoms with Crippen LogP contribution in [0, 0.1) is 11.8 Å². The number of aryl methyl sites for hydroxylation is 1. The number of aliphatic carboxylic acids is 1. The number of nitrogens with one attached hydrogen (secondary N) is 2. The SMILES string of the molecule is C[C@H]1C(S[C@@H]2CN[C@H](C(=O)NCCOCCCCc3cccnc3)C2)=C(C(=O)O)N2C(=O)[C@H]([C@@H](C)O)C12. The lowest BCUT2D eigenvalue weighted by molar-refractivity contribution is -0.163. The highest BCUT2D eigenvalue weighted by atomic mass is 32.2. The second-order valence-corrected chi connectivity index (χ2v) is 11.3. The van der Waals surface area contributed by atoms with Crippen LogP contribution in [0.15, 0.2) is 35.1 Å². The van der Waals surface area contributed by atoms with E-state index in [4.69, 9.17) is 4.74 Å². The predicted molar refractivity (Wildman–Crippen MR) is 138 cm³/mol. The highest BCUT2D eigenvalue weighted by Crippen LogP contribution is 2.51. The number of carbonyl (C=O) groups is 3. The molecule has 2 saturated heterocycles. The molecular formula is C26H36N4O6S. The number of β-lactam (4-membered cyclic amide) rings is 1. The van der Waals surface area contributed by atoms with Crippen molar-refractivity contribution < 1.29 is 29.3 Å². The normalized spacial score (nSPS) is 27.7. The van der Waals surface area contributed by atoms with Crippen LogP contribution in [-0.2, 0) is 25.5 Å². The van der Waals surface area contributed by atoms with Gasteiger partial charge in [0.05, 0.1) is 30.7 Å². The first-order valence-electron chi connectivity index (χ1n) is 12.9. The molecule has 2 amide bonds. The van der Waals surface area contributed by atoms with E-state index in [2.05, 4.69) is 21.7 Å². The molecule has 3 aliphatic rings. The fourth-order valence-corrected chi connectivity index (χ4v) is 6.88. The Bertz CT molecular complexity index is 1020. The fraction of sp³-hybridized carbons (Fsp3) is 0.615. The van der Waals surface area contributed by atoms with Crippen molar-refractivity contribution in [1.82, 2.24) is 20.5 Å². The first-order chi connectivity index (χ1) is 17.8. The molecule has 4 rings (SSSR count). The smallest absolute Gasteiger partial charge is 0.353 e. The molecule has 3 aliphatic heterocycles. The Labute approximate surface area is 221 Å². The molecule has 0 radical (unpaired) electrons. The van der Waals surface area contributed by atoms with Crippen molar-refractivity contribution >= 4 is 29.5 Å². The van der Waals surface area contributed by atoms with Gasteiger partial charge in [0.25, 0.3) is 0 Å². The summed E-state index contributed by atoms with van der Waals surface area (Å²) < 4.78 is 5.63. The Hall–Kier alpha value is -2.47. The van der Waals surface area contributed by atoms with Crippen molar-refractivity contribution in [2.75, 3.05) is 26.3 Å². The largest absolute Gasteiger partial charge is 0.477 e. The molecule has 1 aromatic heterocycles. The maximum absolute atomic E-state index is 12.6. The van der Waals surface area contributed by atoms with Crippen LogP contribution < -0.4 is 10.6 Å². The highest BCUT2D eigenvalue weighted by molar-refractivity contribution is 8.03. The van der Waals surface area contributed by atoms with Crippen LogP contribution >= 0.6 is 11.8 Å². The number of thioether (sulfide) groups is 1. The molecule has 202 valence electrons. The number of nitrogens with zero attached hydrogens (tertiary/aromatic N) is 2. The van der Waals surface area contributed by atoms with Gasteiger partial charge in [-0.3, -0.25) is 14.6 Å². The number of aromatic nitrogens is 1. The lowest BCUT2D eigenvalue weighted by Gasteiger charge is -2.46. The molecular weight excluding hydrogens is 496 g/mol. The number of pyridine rings is 1. The van der Waals surface area contributed by atoms with Crippen LogP contribution in [0.2, 0.25) is 0 Å². The molecule has 4 N–H and O–H groups in total. The summed E-state index contributed by atoms with van der Waals surface area (Å²) in [5.41, 5.74) is 1.24. The summed E-state index contributed by atoms with van der Waals surface area (Å²) in [7, 11) is 0. The van der Waals surface area contributed by atoms with Gasteiger partial charge in [-0.1, -0.05) is 13.0 Å². The van der Waals surface area contributed by atoms with Gasteiger partial charge in [0.1, 0.15) is 5.70 Å². The molecule has 4 heterocycles. The molecule has 11 heteroatoms. The van der Waals surface area contributed by atoms with Crippen LogP contribution in [0.4, 0.5) is 0 Å². The maximum Gasteiger partial charge on any atom is 0.353 e. The molecule has 0 aliphatic carbocycles. The number of ether oxygens (including phenoxy) is 1. The topological polar surface area (TPSA) is 141 Å². The van der Waals surface area contributed by atoms with Gasteiger partial charge < -0.3 is 30.5 Å². The second-order valence-electron chi connectivity index (χ2n) is 9.93. The summed E-state index contributed by atoms with van der Waals surface area (Å²) in [6.45, 7) is 5.57. The maximum atomic E-state index is 12.6. The zero-order chi connectivity index (χ0) is 26.5. The van der Waals surface area contributed by atoms with Crippen LogP contribution in [-0.4, -0.2) is 87.6 Å². The minimum Gasteiger partial charge on any atom is -0.477 e. The Kier molecular flexibility index (Phi) is 9.22. The average Bonchev–Trinajstić information content (AvgIpc) is 3.43. The summed E-state index contributed by atoms with van der Waals surface area (Å²) in [5.74, 6) is -2.32. The summed E-state index contributed by atoms with van der Waals surface area (Å²) >= 11 is 1.43. The monoisotopic (exact) mass is 532 g/mol. The number of carboxylic acid groups (broad SMARTS) is 1. The summed E-state index contributed by atoms with van der Waals surface area (Å²) in [6, 6.07) is 3.32. The number of carboxylic acids is 1. The molecule has 37 heavy (non-hydrogen) atoms. The Morgan fingerprint density at radius 3 is 2.86 bits per heavy atom. The van der Waals surface area contributed by atoms with Crippen LogP contribution in [0.1, 0.15) is 38.7 Å². The molecule has 0 spiro atoms. The number of aliphatic hydroxyl groups excluding tert-OH is 1. The predicted octanol–water partition coefficient (Wildman–Crippen LogP) is 1.15. The van der Waals surface area contributed by atoms with E-state index in [1.165, 1.54) is 22.2 Å². The van der Waals surface area contributed by atoms with Gasteiger partial charge in [-0.2, -0.15) is 0 Å². The van der Waals surface area contributed by atoms with Crippen molar-refractivity contribution in [3.8, 4) is 0 Å². The third-order valence-corrected chi connectivity index (χ3v) is 8.80. The average molecular weight is 533 g/mol. The lowest BCUT2D eigenvalue weighted by atomic mass is 9.79. The lowest BCUT2D eigenvalue weighted by Crippen LogP contribution is -2.63. The van der Waals surface area contributed by atoms with E-state index in [-0.39, 0.29) is 40.8 Å². The quantitative estimate of drug-likeness (QED) is 0.217. The Balaban J connectivity index is 1.16. The van der Waals surface area contributed by atoms with Crippen LogP contribution in [0.25, 0.3) is 0 Å². The van der Waals surface area contributed by atoms with E-state index >= 15 is 0 Å². The minimum absolute atomic E-state index is 0.0115. The zero-order valence-electron chi connectivity index (χ0n) is 21.3. The minimum atomic E-state index is -1.13. The van der Waals surface area contributed by atoms with Crippen LogP contribution in [0.5, 0.6) is 0 Å². The Morgan fingerprint density at radius 2 is 2.16 bits per heavy atom. The number of rotatable bonds is 13. The number of aliphatic hydroxyl groups is 1. The second kappa shape index (κ2) is 12.4. The third-order valence-electron chi connectivity index (χ3n) is 7.28. The van der Waals surface area contributed by atoms with Crippen molar-refractivity contribution in [1.29, 1.82) is 0 Å². The Morgan fingerprint density at radius 1 is 1.35 bits per heavy atom. The van der Waals surface area contributed by atoms with Gasteiger partial charge in [-0.05, 0) is 44.2 Å². The van der Waals surface area contributed by atoms with Gasteiger partial charge in [0, 0.05) is 48.2 Å². The molecule has 0 saturated carbocycles. The standard InChI is InChI=1S/C26H36N4O6S/c1-15-21-20(16(2)31)25(33)30(21)22(26(34)35)23(15)37-18-12-19(29-14-18)24(32)28-9-11-36-10-4-3-6-17-7-5-8-27-13-17/h5,7-8,13,15-16,18-21,29,31H,3-4,6,9-12,14H2,1-2H3,(H,28,32)(H,34,35)/t15-,16-,18+,19+,20-,21?/m1/s1. The number of amides is 2. The molecule has 0 bridgehead atoms. The van der Waals surface area contributed by atoms with Gasteiger partial charge in [0.15, 0.2) is 0 Å². The number of hydrogen-bond donors (Lipinski definition) is 4. The first-order valence-corrected chi connectivity index (χ1v) is 13.8. The number of unbranched alkanes of at least 4 members (excludes halogenated alkanes) is 1.